The van der Waals surface area contributed by atoms with Gasteiger partial charge in [-0.05, 0) is 75.5 Å². The molecule has 2 aromatic heterocycles. The molecule has 7 rings (SSSR count). The minimum Gasteiger partial charge on any atom is -0.460 e. The van der Waals surface area contributed by atoms with E-state index < -0.39 is 12.8 Å². The number of hydrogen-bond acceptors (Lipinski definition) is 6. The molecule has 0 spiro atoms. The lowest BCUT2D eigenvalue weighted by molar-refractivity contribution is -0.153. The lowest BCUT2D eigenvalue weighted by Crippen LogP contribution is -2.57. The number of aromatic nitrogens is 3. The number of hydrogen-bond donors (Lipinski definition) is 1. The number of thiazole rings is 1. The van der Waals surface area contributed by atoms with Crippen LogP contribution in [0.25, 0.3) is 10.9 Å². The number of carbonyl (C=O) groups excluding carboxylic acids is 1. The number of carbonyl (C=O) groups is 1. The minimum atomic E-state index is -4.35. The smallest absolute Gasteiger partial charge is 0.422 e. The first-order valence-electron chi connectivity index (χ1n) is 13.8. The zero-order valence-corrected chi connectivity index (χ0v) is 23.0. The molecule has 3 fully saturated rings. The summed E-state index contributed by atoms with van der Waals surface area (Å²) >= 11 is 1.25. The summed E-state index contributed by atoms with van der Waals surface area (Å²) in [6, 6.07) is 5.72. The van der Waals surface area contributed by atoms with Crippen molar-refractivity contribution < 1.29 is 22.7 Å². The Bertz CT molecular complexity index is 1320. The maximum absolute atomic E-state index is 13.3. The van der Waals surface area contributed by atoms with Gasteiger partial charge in [-0.1, -0.05) is 17.4 Å². The van der Waals surface area contributed by atoms with E-state index in [-0.39, 0.29) is 16.6 Å². The number of alkyl halides is 3. The lowest BCUT2D eigenvalue weighted by Gasteiger charge is -2.54. The second-order valence-corrected chi connectivity index (χ2v) is 12.7. The first-order valence-corrected chi connectivity index (χ1v) is 14.6. The van der Waals surface area contributed by atoms with E-state index in [0.717, 1.165) is 98.9 Å². The van der Waals surface area contributed by atoms with Crippen molar-refractivity contribution in [2.75, 3.05) is 26.2 Å². The molecular formula is C28H34F3N5O2S. The van der Waals surface area contributed by atoms with Crippen molar-refractivity contribution in [1.82, 2.24) is 25.0 Å². The summed E-state index contributed by atoms with van der Waals surface area (Å²) in [5, 5.41) is 8.89. The SMILES string of the molecule is Cn1cc2c(C(=O)NC34CCC(CCN5CCc6nc(OCC(F)(F)F)sc6CC5)(CC3)CC4)cccc2n1. The van der Waals surface area contributed by atoms with E-state index in [4.69, 9.17) is 4.74 Å². The van der Waals surface area contributed by atoms with Crippen LogP contribution in [-0.4, -0.2) is 63.5 Å². The Kier molecular flexibility index (Phi) is 6.86. The van der Waals surface area contributed by atoms with Crippen LogP contribution in [0.2, 0.25) is 0 Å². The van der Waals surface area contributed by atoms with Crippen LogP contribution >= 0.6 is 11.3 Å². The van der Waals surface area contributed by atoms with Gasteiger partial charge in [0.15, 0.2) is 6.61 Å². The molecule has 210 valence electrons. The van der Waals surface area contributed by atoms with Crippen molar-refractivity contribution in [2.24, 2.45) is 12.5 Å². The highest BCUT2D eigenvalue weighted by Crippen LogP contribution is 2.54. The minimum absolute atomic E-state index is 0.000563. The standard InChI is InChI=1S/C28H34F3N5O2S/c1-35-17-20-19(3-2-4-21(20)34-35)24(37)33-27-10-7-26(8-11-27,9-12-27)13-16-36-14-5-22-23(6-15-36)39-25(32-22)38-18-28(29,30)31/h2-4,17H,5-16,18H2,1H3,(H,33,37). The molecule has 0 radical (unpaired) electrons. The summed E-state index contributed by atoms with van der Waals surface area (Å²) in [4.78, 5) is 21.2. The Morgan fingerprint density at radius 2 is 1.87 bits per heavy atom. The van der Waals surface area contributed by atoms with Crippen molar-refractivity contribution in [3.63, 3.8) is 0 Å². The highest BCUT2D eigenvalue weighted by atomic mass is 32.1. The topological polar surface area (TPSA) is 72.3 Å². The Morgan fingerprint density at radius 3 is 2.62 bits per heavy atom. The molecule has 1 aromatic carbocycles. The highest BCUT2D eigenvalue weighted by molar-refractivity contribution is 7.13. The molecule has 1 N–H and O–H groups in total. The summed E-state index contributed by atoms with van der Waals surface area (Å²) in [5.74, 6) is 0.000563. The fourth-order valence-corrected chi connectivity index (χ4v) is 7.65. The molecule has 7 nitrogen and oxygen atoms in total. The van der Waals surface area contributed by atoms with Crippen molar-refractivity contribution >= 4 is 28.1 Å². The first-order chi connectivity index (χ1) is 18.6. The van der Waals surface area contributed by atoms with E-state index >= 15 is 0 Å². The van der Waals surface area contributed by atoms with Crippen molar-refractivity contribution in [2.45, 2.75) is 69.5 Å². The van der Waals surface area contributed by atoms with Crippen LogP contribution < -0.4 is 10.1 Å². The van der Waals surface area contributed by atoms with Crippen LogP contribution in [0.4, 0.5) is 13.2 Å². The van der Waals surface area contributed by atoms with E-state index in [9.17, 15) is 18.0 Å². The number of aryl methyl sites for hydroxylation is 1. The van der Waals surface area contributed by atoms with Crippen LogP contribution in [0.3, 0.4) is 0 Å². The van der Waals surface area contributed by atoms with Crippen LogP contribution in [0.5, 0.6) is 5.19 Å². The molecule has 1 aliphatic heterocycles. The van der Waals surface area contributed by atoms with Gasteiger partial charge in [0, 0.05) is 48.6 Å². The number of benzene rings is 1. The predicted molar refractivity (Wildman–Crippen MR) is 143 cm³/mol. The van der Waals surface area contributed by atoms with Crippen LogP contribution in [-0.2, 0) is 19.9 Å². The highest BCUT2D eigenvalue weighted by Gasteiger charge is 2.49. The van der Waals surface area contributed by atoms with Crippen molar-refractivity contribution in [3.8, 4) is 5.19 Å². The van der Waals surface area contributed by atoms with Gasteiger partial charge in [0.2, 0.25) is 0 Å². The fourth-order valence-electron chi connectivity index (χ4n) is 6.70. The van der Waals surface area contributed by atoms with E-state index in [2.05, 4.69) is 20.3 Å². The summed E-state index contributed by atoms with van der Waals surface area (Å²) < 4.78 is 44.0. The monoisotopic (exact) mass is 561 g/mol. The van der Waals surface area contributed by atoms with Gasteiger partial charge >= 0.3 is 6.18 Å². The largest absolute Gasteiger partial charge is 0.460 e. The molecule has 3 aliphatic carbocycles. The van der Waals surface area contributed by atoms with Gasteiger partial charge in [0.1, 0.15) is 0 Å². The van der Waals surface area contributed by atoms with Gasteiger partial charge in [0.25, 0.3) is 11.1 Å². The van der Waals surface area contributed by atoms with Gasteiger partial charge in [-0.25, -0.2) is 4.98 Å². The summed E-state index contributed by atoms with van der Waals surface area (Å²) in [6.07, 6.45) is 6.70. The molecule has 1 amide bonds. The van der Waals surface area contributed by atoms with Gasteiger partial charge in [0.05, 0.1) is 16.8 Å². The zero-order valence-electron chi connectivity index (χ0n) is 22.1. The van der Waals surface area contributed by atoms with Gasteiger partial charge < -0.3 is 15.0 Å². The molecule has 0 saturated heterocycles. The third kappa shape index (κ3) is 5.66. The predicted octanol–water partition coefficient (Wildman–Crippen LogP) is 5.28. The van der Waals surface area contributed by atoms with Crippen molar-refractivity contribution in [3.05, 3.63) is 40.5 Å². The molecular weight excluding hydrogens is 527 g/mol. The Balaban J connectivity index is 1.00. The molecule has 3 saturated carbocycles. The van der Waals surface area contributed by atoms with Crippen LogP contribution in [0.1, 0.15) is 65.9 Å². The second kappa shape index (κ2) is 10.1. The molecule has 11 heteroatoms. The van der Waals surface area contributed by atoms with Crippen molar-refractivity contribution in [1.29, 1.82) is 0 Å². The quantitative estimate of drug-likeness (QED) is 0.425. The van der Waals surface area contributed by atoms with Gasteiger partial charge in [-0.3, -0.25) is 9.48 Å². The third-order valence-electron chi connectivity index (χ3n) is 9.09. The normalized spacial score (nSPS) is 25.4. The van der Waals surface area contributed by atoms with E-state index in [1.165, 1.54) is 11.3 Å². The molecule has 4 aliphatic rings. The first kappa shape index (κ1) is 26.6. The fraction of sp³-hybridized carbons (Fsp3) is 0.607. The Labute approximate surface area is 229 Å². The zero-order chi connectivity index (χ0) is 27.3. The van der Waals surface area contributed by atoms with E-state index in [1.54, 1.807) is 4.68 Å². The average Bonchev–Trinajstić information content (AvgIpc) is 3.44. The molecule has 3 heterocycles. The third-order valence-corrected chi connectivity index (χ3v) is 10.2. The number of ether oxygens (including phenoxy) is 1. The molecule has 0 unspecified atom stereocenters. The average molecular weight is 562 g/mol. The second-order valence-electron chi connectivity index (χ2n) is 11.6. The maximum atomic E-state index is 13.3. The maximum Gasteiger partial charge on any atom is 0.422 e. The molecule has 3 aromatic rings. The number of rotatable bonds is 7. The summed E-state index contributed by atoms with van der Waals surface area (Å²) in [7, 11) is 1.87. The molecule has 39 heavy (non-hydrogen) atoms. The lowest BCUT2D eigenvalue weighted by atomic mass is 9.56. The molecule has 0 atom stereocenters. The number of nitrogens with one attached hydrogen (secondary N) is 1. The van der Waals surface area contributed by atoms with Gasteiger partial charge in [-0.15, -0.1) is 0 Å². The number of halogens is 3. The molecule has 2 bridgehead atoms. The van der Waals surface area contributed by atoms with Gasteiger partial charge in [-0.2, -0.15) is 18.3 Å². The Morgan fingerprint density at radius 1 is 1.13 bits per heavy atom. The number of fused-ring (bicyclic) bond motifs is 5. The van der Waals surface area contributed by atoms with E-state index in [1.807, 2.05) is 31.4 Å². The van der Waals surface area contributed by atoms with Crippen LogP contribution in [0, 0.1) is 5.41 Å². The Hall–Kier alpha value is -2.66. The summed E-state index contributed by atoms with van der Waals surface area (Å²) in [6.45, 7) is 1.49. The number of amides is 1. The number of nitrogens with zero attached hydrogens (tertiary/aromatic N) is 4. The summed E-state index contributed by atoms with van der Waals surface area (Å²) in [5.41, 5.74) is 2.64. The van der Waals surface area contributed by atoms with Crippen LogP contribution in [0.15, 0.2) is 24.4 Å². The van der Waals surface area contributed by atoms with E-state index in [0.29, 0.717) is 11.0 Å².